The minimum Gasteiger partial charge on any atom is -0.367 e. The number of piperazine rings is 1. The molecule has 2 saturated heterocycles. The van der Waals surface area contributed by atoms with Crippen LogP contribution in [0.2, 0.25) is 0 Å². The molecule has 2 aromatic rings. The van der Waals surface area contributed by atoms with E-state index in [1.165, 1.54) is 6.20 Å². The van der Waals surface area contributed by atoms with Gasteiger partial charge in [-0.15, -0.1) is 0 Å². The van der Waals surface area contributed by atoms with E-state index in [2.05, 4.69) is 25.2 Å². The number of pyridine rings is 1. The van der Waals surface area contributed by atoms with E-state index in [0.717, 1.165) is 44.7 Å². The highest BCUT2D eigenvalue weighted by Gasteiger charge is 2.28. The molecule has 2 fully saturated rings. The maximum atomic E-state index is 12.8. The van der Waals surface area contributed by atoms with Crippen molar-refractivity contribution in [1.82, 2.24) is 24.0 Å². The molecule has 0 amide bonds. The molecule has 4 rings (SSSR count). The molecular formula is C19H29N7O2S. The first-order chi connectivity index (χ1) is 13.9. The number of hydrogen-bond acceptors (Lipinski definition) is 7. The van der Waals surface area contributed by atoms with Gasteiger partial charge in [0.05, 0.1) is 11.9 Å². The Morgan fingerprint density at radius 3 is 2.52 bits per heavy atom. The first-order valence-corrected chi connectivity index (χ1v) is 11.5. The van der Waals surface area contributed by atoms with Crippen molar-refractivity contribution in [2.24, 2.45) is 7.05 Å². The lowest BCUT2D eigenvalue weighted by molar-refractivity contribution is 0.222. The average molecular weight is 420 g/mol. The number of piperidine rings is 1. The van der Waals surface area contributed by atoms with E-state index in [-0.39, 0.29) is 10.9 Å². The third kappa shape index (κ3) is 4.54. The minimum absolute atomic E-state index is 0.258. The van der Waals surface area contributed by atoms with Gasteiger partial charge in [-0.3, -0.25) is 4.68 Å². The van der Waals surface area contributed by atoms with Crippen LogP contribution < -0.4 is 10.2 Å². The Morgan fingerprint density at radius 1 is 1.07 bits per heavy atom. The quantitative estimate of drug-likeness (QED) is 0.768. The second-order valence-corrected chi connectivity index (χ2v) is 9.83. The Kier molecular flexibility index (Phi) is 5.75. The van der Waals surface area contributed by atoms with Gasteiger partial charge >= 0.3 is 0 Å². The van der Waals surface area contributed by atoms with Crippen LogP contribution >= 0.6 is 0 Å². The van der Waals surface area contributed by atoms with Crippen molar-refractivity contribution in [3.8, 4) is 0 Å². The van der Waals surface area contributed by atoms with Gasteiger partial charge in [0.2, 0.25) is 10.0 Å². The lowest BCUT2D eigenvalue weighted by Gasteiger charge is -2.34. The van der Waals surface area contributed by atoms with E-state index in [9.17, 15) is 8.42 Å². The van der Waals surface area contributed by atoms with Gasteiger partial charge in [-0.1, -0.05) is 0 Å². The Balaban J connectivity index is 1.39. The zero-order valence-electron chi connectivity index (χ0n) is 17.0. The first kappa shape index (κ1) is 20.1. The number of anilines is 2. The van der Waals surface area contributed by atoms with Crippen LogP contribution in [0.3, 0.4) is 0 Å². The summed E-state index contributed by atoms with van der Waals surface area (Å²) in [6, 6.07) is 3.69. The molecule has 4 heterocycles. The Bertz CT molecular complexity index is 920. The second kappa shape index (κ2) is 8.29. The predicted octanol–water partition coefficient (Wildman–Crippen LogP) is 0.832. The molecule has 2 aliphatic heterocycles. The smallest absolute Gasteiger partial charge is 0.244 e. The molecule has 0 aliphatic carbocycles. The highest BCUT2D eigenvalue weighted by atomic mass is 32.2. The number of likely N-dealkylation sites (N-methyl/N-ethyl adjacent to an activating group) is 1. The standard InChI is InChI=1S/C19H29N7O2S/c1-23-8-10-26(11-9-23)29(27,28)18-5-6-19(20-13-18)22-16-4-3-7-25(14-16)17-12-21-24(2)15-17/h5-6,12-13,15-16H,3-4,7-11,14H2,1-2H3,(H,20,22). The second-order valence-electron chi connectivity index (χ2n) is 7.89. The van der Waals surface area contributed by atoms with Gasteiger partial charge < -0.3 is 15.1 Å². The summed E-state index contributed by atoms with van der Waals surface area (Å²) < 4.78 is 29.0. The molecule has 1 unspecified atom stereocenters. The number of sulfonamides is 1. The Labute approximate surface area is 172 Å². The Morgan fingerprint density at radius 2 is 1.86 bits per heavy atom. The van der Waals surface area contributed by atoms with Crippen molar-refractivity contribution in [3.05, 3.63) is 30.7 Å². The van der Waals surface area contributed by atoms with Crippen LogP contribution in [-0.4, -0.2) is 84.7 Å². The molecule has 0 bridgehead atoms. The minimum atomic E-state index is -3.48. The van der Waals surface area contributed by atoms with Crippen molar-refractivity contribution in [3.63, 3.8) is 0 Å². The molecule has 2 aromatic heterocycles. The molecular weight excluding hydrogens is 390 g/mol. The van der Waals surface area contributed by atoms with Crippen LogP contribution in [-0.2, 0) is 17.1 Å². The summed E-state index contributed by atoms with van der Waals surface area (Å²) in [4.78, 5) is 9.10. The summed E-state index contributed by atoms with van der Waals surface area (Å²) in [5.74, 6) is 0.709. The summed E-state index contributed by atoms with van der Waals surface area (Å²) >= 11 is 0. The van der Waals surface area contributed by atoms with Crippen LogP contribution in [0.25, 0.3) is 0 Å². The molecule has 0 aromatic carbocycles. The maximum Gasteiger partial charge on any atom is 0.244 e. The molecule has 0 radical (unpaired) electrons. The van der Waals surface area contributed by atoms with Crippen LogP contribution in [0.1, 0.15) is 12.8 Å². The summed E-state index contributed by atoms with van der Waals surface area (Å²) in [6.45, 7) is 4.42. The summed E-state index contributed by atoms with van der Waals surface area (Å²) in [5, 5.41) is 7.71. The molecule has 10 heteroatoms. The summed E-state index contributed by atoms with van der Waals surface area (Å²) in [5.41, 5.74) is 1.13. The lowest BCUT2D eigenvalue weighted by atomic mass is 10.1. The number of nitrogens with zero attached hydrogens (tertiary/aromatic N) is 6. The van der Waals surface area contributed by atoms with E-state index >= 15 is 0 Å². The molecule has 29 heavy (non-hydrogen) atoms. The van der Waals surface area contributed by atoms with Gasteiger partial charge in [-0.05, 0) is 32.0 Å². The summed E-state index contributed by atoms with van der Waals surface area (Å²) in [7, 11) is 0.449. The van der Waals surface area contributed by atoms with Gasteiger partial charge in [-0.25, -0.2) is 13.4 Å². The van der Waals surface area contributed by atoms with Crippen molar-refractivity contribution < 1.29 is 8.42 Å². The Hall–Kier alpha value is -2.17. The predicted molar refractivity (Wildman–Crippen MR) is 113 cm³/mol. The van der Waals surface area contributed by atoms with Crippen LogP contribution in [0.15, 0.2) is 35.6 Å². The SMILES string of the molecule is CN1CCN(S(=O)(=O)c2ccc(NC3CCCN(c4cnn(C)c4)C3)nc2)CC1. The first-order valence-electron chi connectivity index (χ1n) is 10.1. The third-order valence-corrected chi connectivity index (χ3v) is 7.55. The van der Waals surface area contributed by atoms with E-state index < -0.39 is 10.0 Å². The number of aromatic nitrogens is 3. The number of hydrogen-bond donors (Lipinski definition) is 1. The van der Waals surface area contributed by atoms with Crippen molar-refractivity contribution in [1.29, 1.82) is 0 Å². The fourth-order valence-corrected chi connectivity index (χ4v) is 5.27. The largest absolute Gasteiger partial charge is 0.367 e. The van der Waals surface area contributed by atoms with Gasteiger partial charge in [0.15, 0.2) is 0 Å². The molecule has 9 nitrogen and oxygen atoms in total. The molecule has 0 saturated carbocycles. The van der Waals surface area contributed by atoms with E-state index in [0.29, 0.717) is 18.9 Å². The molecule has 0 spiro atoms. The molecule has 2 aliphatic rings. The zero-order valence-corrected chi connectivity index (χ0v) is 17.8. The third-order valence-electron chi connectivity index (χ3n) is 5.67. The van der Waals surface area contributed by atoms with Crippen molar-refractivity contribution in [2.75, 3.05) is 56.5 Å². The van der Waals surface area contributed by atoms with Crippen LogP contribution in [0.5, 0.6) is 0 Å². The van der Waals surface area contributed by atoms with E-state index in [4.69, 9.17) is 0 Å². The highest BCUT2D eigenvalue weighted by molar-refractivity contribution is 7.89. The summed E-state index contributed by atoms with van der Waals surface area (Å²) in [6.07, 6.45) is 7.52. The highest BCUT2D eigenvalue weighted by Crippen LogP contribution is 2.22. The van der Waals surface area contributed by atoms with E-state index in [1.807, 2.05) is 31.2 Å². The van der Waals surface area contributed by atoms with Gasteiger partial charge in [0.25, 0.3) is 0 Å². The molecule has 1 N–H and O–H groups in total. The van der Waals surface area contributed by atoms with Gasteiger partial charge in [-0.2, -0.15) is 9.40 Å². The number of nitrogens with one attached hydrogen (secondary N) is 1. The molecule has 1 atom stereocenters. The van der Waals surface area contributed by atoms with Gasteiger partial charge in [0, 0.05) is 64.8 Å². The number of rotatable bonds is 5. The fourth-order valence-electron chi connectivity index (χ4n) is 3.91. The molecule has 158 valence electrons. The fraction of sp³-hybridized carbons (Fsp3) is 0.579. The van der Waals surface area contributed by atoms with Gasteiger partial charge in [0.1, 0.15) is 10.7 Å². The number of aryl methyl sites for hydroxylation is 1. The lowest BCUT2D eigenvalue weighted by Crippen LogP contribution is -2.47. The zero-order chi connectivity index (χ0) is 20.4. The van der Waals surface area contributed by atoms with Crippen molar-refractivity contribution >= 4 is 21.5 Å². The topological polar surface area (TPSA) is 86.6 Å². The maximum absolute atomic E-state index is 12.8. The van der Waals surface area contributed by atoms with Crippen LogP contribution in [0.4, 0.5) is 11.5 Å². The van der Waals surface area contributed by atoms with Crippen LogP contribution in [0, 0.1) is 0 Å². The van der Waals surface area contributed by atoms with E-state index in [1.54, 1.807) is 16.4 Å². The average Bonchev–Trinajstić information content (AvgIpc) is 3.15. The van der Waals surface area contributed by atoms with Crippen molar-refractivity contribution in [2.45, 2.75) is 23.8 Å². The monoisotopic (exact) mass is 419 g/mol. The normalized spacial score (nSPS) is 22.0.